The van der Waals surface area contributed by atoms with Gasteiger partial charge in [0.1, 0.15) is 12.5 Å². The summed E-state index contributed by atoms with van der Waals surface area (Å²) in [6.07, 6.45) is 3.14. The number of halogens is 1. The molecular weight excluding hydrogens is 197 g/mol. The Kier molecular flexibility index (Phi) is 2.29. The van der Waals surface area contributed by atoms with E-state index in [0.29, 0.717) is 5.69 Å². The second-order valence-corrected chi connectivity index (χ2v) is 3.17. The van der Waals surface area contributed by atoms with Crippen LogP contribution in [0.3, 0.4) is 0 Å². The number of carbonyl (C=O) groups excluding carboxylic acids is 1. The van der Waals surface area contributed by atoms with Crippen molar-refractivity contribution in [2.24, 2.45) is 5.73 Å². The van der Waals surface area contributed by atoms with Gasteiger partial charge in [-0.2, -0.15) is 0 Å². The first kappa shape index (κ1) is 9.51. The Morgan fingerprint density at radius 3 is 2.67 bits per heavy atom. The molecule has 0 spiro atoms. The van der Waals surface area contributed by atoms with Crippen LogP contribution in [0.2, 0.25) is 0 Å². The average molecular weight is 207 g/mol. The maximum absolute atomic E-state index is 13.4. The van der Waals surface area contributed by atoms with E-state index in [4.69, 9.17) is 5.73 Å². The molecule has 78 valence electrons. The van der Waals surface area contributed by atoms with Crippen molar-refractivity contribution in [3.05, 3.63) is 42.5 Å². The molecule has 0 unspecified atom stereocenters. The molecule has 0 fully saturated rings. The number of rotatable bonds is 1. The lowest BCUT2D eigenvalue weighted by Gasteiger charge is -2.18. The largest absolute Gasteiger partial charge is 0.351 e. The Labute approximate surface area is 86.4 Å². The Bertz CT molecular complexity index is 419. The maximum Gasteiger partial charge on any atom is 0.320 e. The molecule has 0 saturated carbocycles. The van der Waals surface area contributed by atoms with Crippen molar-refractivity contribution in [1.82, 2.24) is 4.90 Å². The van der Waals surface area contributed by atoms with E-state index < -0.39 is 6.03 Å². The fourth-order valence-corrected chi connectivity index (χ4v) is 1.40. The molecule has 0 bridgehead atoms. The molecule has 2 amide bonds. The van der Waals surface area contributed by atoms with E-state index in [2.05, 4.69) is 0 Å². The summed E-state index contributed by atoms with van der Waals surface area (Å²) in [6.45, 7) is 0.246. The van der Waals surface area contributed by atoms with Crippen LogP contribution in [-0.4, -0.2) is 17.6 Å². The molecule has 1 aliphatic heterocycles. The first-order chi connectivity index (χ1) is 7.18. The summed E-state index contributed by atoms with van der Waals surface area (Å²) in [5, 5.41) is 0. The lowest BCUT2D eigenvalue weighted by atomic mass is 10.3. The third-order valence-electron chi connectivity index (χ3n) is 2.18. The molecule has 2 N–H and O–H groups in total. The van der Waals surface area contributed by atoms with Gasteiger partial charge >= 0.3 is 6.03 Å². The number of nitrogens with zero attached hydrogens (tertiary/aromatic N) is 2. The van der Waals surface area contributed by atoms with E-state index in [0.717, 1.165) is 0 Å². The molecule has 4 nitrogen and oxygen atoms in total. The summed E-state index contributed by atoms with van der Waals surface area (Å²) in [5.74, 6) is -0.325. The average Bonchev–Trinajstić information content (AvgIpc) is 2.67. The van der Waals surface area contributed by atoms with E-state index in [1.807, 2.05) is 0 Å². The lowest BCUT2D eigenvalue weighted by molar-refractivity contribution is 0.227. The number of hydrogen-bond donors (Lipinski definition) is 1. The molecule has 0 aliphatic carbocycles. The van der Waals surface area contributed by atoms with Crippen LogP contribution in [0.15, 0.2) is 36.7 Å². The fourth-order valence-electron chi connectivity index (χ4n) is 1.40. The number of amides is 2. The predicted octanol–water partition coefficient (Wildman–Crippen LogP) is 1.46. The Hall–Kier alpha value is -2.04. The molecular formula is C10H10FN3O. The van der Waals surface area contributed by atoms with Gasteiger partial charge < -0.3 is 10.6 Å². The number of urea groups is 1. The van der Waals surface area contributed by atoms with E-state index in [-0.39, 0.29) is 12.5 Å². The van der Waals surface area contributed by atoms with E-state index in [1.54, 1.807) is 29.3 Å². The molecule has 1 aromatic carbocycles. The van der Waals surface area contributed by atoms with Crippen LogP contribution in [0.25, 0.3) is 0 Å². The first-order valence-corrected chi connectivity index (χ1v) is 4.44. The standard InChI is InChI=1S/C10H10FN3O/c11-8-3-1-2-4-9(8)13-5-6-14(7-13)10(12)15/h1-6H,7H2,(H2,12,15). The van der Waals surface area contributed by atoms with Gasteiger partial charge in [-0.15, -0.1) is 0 Å². The highest BCUT2D eigenvalue weighted by Crippen LogP contribution is 2.22. The first-order valence-electron chi connectivity index (χ1n) is 4.44. The molecule has 0 radical (unpaired) electrons. The minimum atomic E-state index is -0.551. The van der Waals surface area contributed by atoms with Crippen molar-refractivity contribution in [2.75, 3.05) is 11.6 Å². The molecule has 0 saturated heterocycles. The SMILES string of the molecule is NC(=O)N1C=CN(c2ccccc2F)C1. The summed E-state index contributed by atoms with van der Waals surface area (Å²) in [7, 11) is 0. The monoisotopic (exact) mass is 207 g/mol. The number of primary amides is 1. The van der Waals surface area contributed by atoms with Gasteiger partial charge in [0.05, 0.1) is 5.69 Å². The Morgan fingerprint density at radius 2 is 2.07 bits per heavy atom. The number of nitrogens with two attached hydrogens (primary N) is 1. The highest BCUT2D eigenvalue weighted by Gasteiger charge is 2.19. The van der Waals surface area contributed by atoms with Crippen LogP contribution in [0.5, 0.6) is 0 Å². The van der Waals surface area contributed by atoms with Crippen LogP contribution in [-0.2, 0) is 0 Å². The predicted molar refractivity (Wildman–Crippen MR) is 54.3 cm³/mol. The maximum atomic E-state index is 13.4. The van der Waals surface area contributed by atoms with Gasteiger partial charge in [-0.1, -0.05) is 12.1 Å². The number of carbonyl (C=O) groups is 1. The summed E-state index contributed by atoms with van der Waals surface area (Å²) < 4.78 is 13.4. The van der Waals surface area contributed by atoms with Gasteiger partial charge in [0.2, 0.25) is 0 Å². The zero-order chi connectivity index (χ0) is 10.8. The highest BCUT2D eigenvalue weighted by atomic mass is 19.1. The lowest BCUT2D eigenvalue weighted by Crippen LogP contribution is -2.34. The molecule has 15 heavy (non-hydrogen) atoms. The number of para-hydroxylation sites is 1. The molecule has 5 heteroatoms. The van der Waals surface area contributed by atoms with Crippen LogP contribution in [0.4, 0.5) is 14.9 Å². The molecule has 1 aliphatic rings. The van der Waals surface area contributed by atoms with Gasteiger partial charge in [-0.05, 0) is 12.1 Å². The van der Waals surface area contributed by atoms with Gasteiger partial charge in [0, 0.05) is 12.4 Å². The second-order valence-electron chi connectivity index (χ2n) is 3.17. The number of benzene rings is 1. The van der Waals surface area contributed by atoms with Gasteiger partial charge in [0.15, 0.2) is 0 Å². The molecule has 0 atom stereocenters. The zero-order valence-electron chi connectivity index (χ0n) is 7.93. The fraction of sp³-hybridized carbons (Fsp3) is 0.100. The normalized spacial score (nSPS) is 14.7. The van der Waals surface area contributed by atoms with Crippen molar-refractivity contribution in [1.29, 1.82) is 0 Å². The van der Waals surface area contributed by atoms with Gasteiger partial charge in [-0.3, -0.25) is 4.90 Å². The van der Waals surface area contributed by atoms with Crippen LogP contribution in [0.1, 0.15) is 0 Å². The summed E-state index contributed by atoms with van der Waals surface area (Å²) in [5.41, 5.74) is 5.52. The number of hydrogen-bond acceptors (Lipinski definition) is 2. The van der Waals surface area contributed by atoms with Crippen molar-refractivity contribution >= 4 is 11.7 Å². The van der Waals surface area contributed by atoms with Crippen LogP contribution >= 0.6 is 0 Å². The number of anilines is 1. The van der Waals surface area contributed by atoms with Gasteiger partial charge in [-0.25, -0.2) is 9.18 Å². The molecule has 0 aromatic heterocycles. The highest BCUT2D eigenvalue weighted by molar-refractivity contribution is 5.74. The second kappa shape index (κ2) is 3.61. The Balaban J connectivity index is 2.19. The van der Waals surface area contributed by atoms with Crippen LogP contribution in [0, 0.1) is 5.82 Å². The summed E-state index contributed by atoms with van der Waals surface area (Å²) >= 11 is 0. The van der Waals surface area contributed by atoms with Crippen molar-refractivity contribution < 1.29 is 9.18 Å². The minimum absolute atomic E-state index is 0.246. The molecule has 1 heterocycles. The van der Waals surface area contributed by atoms with E-state index >= 15 is 0 Å². The zero-order valence-corrected chi connectivity index (χ0v) is 7.93. The minimum Gasteiger partial charge on any atom is -0.351 e. The van der Waals surface area contributed by atoms with Crippen molar-refractivity contribution in [2.45, 2.75) is 0 Å². The van der Waals surface area contributed by atoms with Crippen LogP contribution < -0.4 is 10.6 Å². The van der Waals surface area contributed by atoms with E-state index in [9.17, 15) is 9.18 Å². The third kappa shape index (κ3) is 1.76. The molecule has 1 aromatic rings. The molecule has 2 rings (SSSR count). The smallest absolute Gasteiger partial charge is 0.320 e. The summed E-state index contributed by atoms with van der Waals surface area (Å²) in [4.78, 5) is 13.7. The van der Waals surface area contributed by atoms with Crippen molar-refractivity contribution in [3.8, 4) is 0 Å². The summed E-state index contributed by atoms with van der Waals surface area (Å²) in [6, 6.07) is 5.81. The third-order valence-corrected chi connectivity index (χ3v) is 2.18. The topological polar surface area (TPSA) is 49.6 Å². The Morgan fingerprint density at radius 1 is 1.33 bits per heavy atom. The van der Waals surface area contributed by atoms with Gasteiger partial charge in [0.25, 0.3) is 0 Å². The van der Waals surface area contributed by atoms with Crippen molar-refractivity contribution in [3.63, 3.8) is 0 Å². The van der Waals surface area contributed by atoms with E-state index in [1.165, 1.54) is 17.2 Å². The quantitative estimate of drug-likeness (QED) is 0.757.